The second kappa shape index (κ2) is 50.9. The van der Waals surface area contributed by atoms with Gasteiger partial charge in [0.1, 0.15) is 18.3 Å². The molecule has 0 spiro atoms. The van der Waals surface area contributed by atoms with Crippen molar-refractivity contribution in [3.63, 3.8) is 0 Å². The SMILES string of the molecule is CNCOCC(COP(=O)(O)OCCCCCCOP(=O)(O)OCCCCCCOP(=O)(O)OCCCCCCOP(=O)(O)OCCCCCCOP(=O)(O)OC(COCNC)COP(=O)(O)OCCOP(=O)(O)OC(CO)COCNC)OP(=O)(O)O. The Bertz CT molecular complexity index is 2160. The number of nitrogens with one attached hydrogen (secondary N) is 3. The van der Waals surface area contributed by atoms with E-state index in [9.17, 15) is 75.9 Å². The summed E-state index contributed by atoms with van der Waals surface area (Å²) in [6, 6.07) is 0. The third kappa shape index (κ3) is 56.9. The number of unbranched alkanes of at least 4 members (excludes halogenated alkanes) is 12. The summed E-state index contributed by atoms with van der Waals surface area (Å²) in [5.41, 5.74) is 0. The van der Waals surface area contributed by atoms with Crippen molar-refractivity contribution >= 4 is 62.6 Å². The van der Waals surface area contributed by atoms with Gasteiger partial charge in [-0.05, 0) is 72.5 Å². The van der Waals surface area contributed by atoms with Gasteiger partial charge < -0.3 is 63.4 Å². The molecule has 530 valence electrons. The molecule has 0 radical (unpaired) electrons. The van der Waals surface area contributed by atoms with Crippen molar-refractivity contribution in [2.24, 2.45) is 0 Å². The van der Waals surface area contributed by atoms with E-state index in [0.29, 0.717) is 96.3 Å². The van der Waals surface area contributed by atoms with E-state index in [1.165, 1.54) is 0 Å². The molecule has 0 fully saturated rings. The van der Waals surface area contributed by atoms with Crippen molar-refractivity contribution in [3.05, 3.63) is 0 Å². The average molecular weight is 1450 g/mol. The van der Waals surface area contributed by atoms with Gasteiger partial charge in [0.15, 0.2) is 0 Å². The molecule has 47 heteroatoms. The maximum atomic E-state index is 12.6. The second-order valence-corrected chi connectivity index (χ2v) is 29.6. The van der Waals surface area contributed by atoms with Crippen molar-refractivity contribution in [1.29, 1.82) is 0 Å². The fourth-order valence-corrected chi connectivity index (χ4v) is 12.6. The van der Waals surface area contributed by atoms with E-state index >= 15 is 0 Å². The largest absolute Gasteiger partial charge is 0.472 e. The fourth-order valence-electron chi connectivity index (χ4n) is 6.36. The van der Waals surface area contributed by atoms with Gasteiger partial charge in [-0.2, -0.15) is 0 Å². The van der Waals surface area contributed by atoms with Crippen molar-refractivity contribution in [2.75, 3.05) is 147 Å². The van der Waals surface area contributed by atoms with Crippen molar-refractivity contribution in [3.8, 4) is 0 Å². The highest BCUT2D eigenvalue weighted by Crippen LogP contribution is 2.50. The van der Waals surface area contributed by atoms with Crippen LogP contribution in [0.3, 0.4) is 0 Å². The molecule has 10 atom stereocenters. The van der Waals surface area contributed by atoms with E-state index in [0.717, 1.165) is 0 Å². The zero-order valence-electron chi connectivity index (χ0n) is 49.6. The fraction of sp³-hybridized carbons (Fsp3) is 1.00. The van der Waals surface area contributed by atoms with Crippen molar-refractivity contribution in [2.45, 2.75) is 121 Å². The van der Waals surface area contributed by atoms with Gasteiger partial charge in [0.2, 0.25) is 0 Å². The van der Waals surface area contributed by atoms with Crippen LogP contribution in [0.2, 0.25) is 0 Å². The van der Waals surface area contributed by atoms with Crippen LogP contribution in [0.4, 0.5) is 0 Å². The lowest BCUT2D eigenvalue weighted by molar-refractivity contribution is -0.0103. The molecular formula is C41H95N3O36P8. The van der Waals surface area contributed by atoms with E-state index in [2.05, 4.69) is 25.0 Å². The number of aliphatic hydroxyl groups is 1. The van der Waals surface area contributed by atoms with Gasteiger partial charge in [-0.1, -0.05) is 51.4 Å². The van der Waals surface area contributed by atoms with E-state index in [-0.39, 0.29) is 92.7 Å². The monoisotopic (exact) mass is 1450 g/mol. The minimum atomic E-state index is -4.94. The Morgan fingerprint density at radius 2 is 0.489 bits per heavy atom. The van der Waals surface area contributed by atoms with Crippen LogP contribution < -0.4 is 16.0 Å². The number of rotatable bonds is 66. The molecule has 0 bridgehead atoms. The lowest BCUT2D eigenvalue weighted by atomic mass is 10.2. The zero-order valence-corrected chi connectivity index (χ0v) is 56.8. The molecule has 0 aliphatic rings. The van der Waals surface area contributed by atoms with Gasteiger partial charge in [0, 0.05) is 0 Å². The molecule has 0 heterocycles. The van der Waals surface area contributed by atoms with E-state index < -0.39 is 121 Å². The smallest absolute Gasteiger partial charge is 0.394 e. The van der Waals surface area contributed by atoms with E-state index in [1.807, 2.05) is 0 Å². The first-order valence-corrected chi connectivity index (χ1v) is 39.7. The highest BCUT2D eigenvalue weighted by molar-refractivity contribution is 7.49. The first-order chi connectivity index (χ1) is 41.3. The molecule has 39 nitrogen and oxygen atoms in total. The van der Waals surface area contributed by atoms with Crippen LogP contribution in [-0.4, -0.2) is 215 Å². The molecule has 0 amide bonds. The third-order valence-corrected chi connectivity index (χ3v) is 18.1. The number of phosphoric ester groups is 8. The Balaban J connectivity index is 4.13. The maximum absolute atomic E-state index is 12.6. The molecule has 13 N–H and O–H groups in total. The van der Waals surface area contributed by atoms with Crippen LogP contribution >= 0.6 is 62.6 Å². The Hall–Kier alpha value is 0.600. The lowest BCUT2D eigenvalue weighted by Crippen LogP contribution is -2.27. The first-order valence-electron chi connectivity index (χ1n) is 27.7. The number of aliphatic hydroxyl groups excluding tert-OH is 1. The van der Waals surface area contributed by atoms with E-state index in [4.69, 9.17) is 82.8 Å². The Morgan fingerprint density at radius 1 is 0.273 bits per heavy atom. The summed E-state index contributed by atoms with van der Waals surface area (Å²) in [6.45, 7) is -5.69. The van der Waals surface area contributed by atoms with Crippen LogP contribution in [0.5, 0.6) is 0 Å². The normalized spacial score (nSPS) is 18.3. The maximum Gasteiger partial charge on any atom is 0.472 e. The van der Waals surface area contributed by atoms with Crippen LogP contribution in [0.25, 0.3) is 0 Å². The highest BCUT2D eigenvalue weighted by atomic mass is 31.2. The zero-order chi connectivity index (χ0) is 66.3. The lowest BCUT2D eigenvalue weighted by Gasteiger charge is -2.22. The molecule has 0 aliphatic heterocycles. The van der Waals surface area contributed by atoms with Crippen LogP contribution in [-0.2, 0) is 119 Å². The Kier molecular flexibility index (Phi) is 51.3. The number of hydrogen-bond donors (Lipinski definition) is 13. The van der Waals surface area contributed by atoms with Crippen molar-refractivity contribution in [1.82, 2.24) is 16.0 Å². The van der Waals surface area contributed by atoms with Crippen LogP contribution in [0, 0.1) is 0 Å². The topological polar surface area (TPSA) is 541 Å². The Labute approximate surface area is 512 Å². The minimum Gasteiger partial charge on any atom is -0.394 e. The summed E-state index contributed by atoms with van der Waals surface area (Å²) in [5, 5.41) is 17.3. The quantitative estimate of drug-likeness (QED) is 0.0217. The molecule has 0 aliphatic carbocycles. The number of hydrogen-bond acceptors (Lipinski definition) is 30. The standard InChI is InChI=1S/C41H95N3O36P8/c1-42-36-63-31-39(30-45)79-88(61,62)75-29-28-74-86(57,58)77-35-41(33-65-38-44-3)80-87(59,60)73-27-19-11-10-17-25-71-84(53,54)69-23-15-7-6-13-21-67-82(49,50)66-20-12-4-5-14-22-68-83(51,52)70-24-16-8-9-18-26-72-85(55,56)76-34-40(32-64-37-43-2)78-81(46,47)48/h39-45H,4-38H2,1-3H3,(H,49,50)(H,51,52)(H,53,54)(H,55,56)(H,57,58)(H,59,60)(H,61,62)(H2,46,47,48). The van der Waals surface area contributed by atoms with Gasteiger partial charge in [0.05, 0.1) is 126 Å². The summed E-state index contributed by atoms with van der Waals surface area (Å²) in [7, 11) is -32.3. The number of ether oxygens (including phenoxy) is 3. The second-order valence-electron chi connectivity index (χ2n) is 18.3. The van der Waals surface area contributed by atoms with Gasteiger partial charge >= 0.3 is 62.6 Å². The average Bonchev–Trinajstić information content (AvgIpc) is 3.60. The molecular weight excluding hydrogens is 1360 g/mol. The molecule has 0 aromatic heterocycles. The highest BCUT2D eigenvalue weighted by Gasteiger charge is 2.33. The summed E-state index contributed by atoms with van der Waals surface area (Å²) in [6.07, 6.45) is 2.81. The summed E-state index contributed by atoms with van der Waals surface area (Å²) in [4.78, 5) is 87.9. The predicted molar refractivity (Wildman–Crippen MR) is 307 cm³/mol. The van der Waals surface area contributed by atoms with Gasteiger partial charge in [-0.25, -0.2) is 36.5 Å². The molecule has 0 saturated carbocycles. The summed E-state index contributed by atoms with van der Waals surface area (Å²) in [5.74, 6) is 0. The van der Waals surface area contributed by atoms with Crippen LogP contribution in [0.1, 0.15) is 103 Å². The molecule has 10 unspecified atom stereocenters. The molecule has 0 saturated heterocycles. The first kappa shape index (κ1) is 88.6. The third-order valence-electron chi connectivity index (χ3n) is 10.3. The van der Waals surface area contributed by atoms with E-state index in [1.54, 1.807) is 21.1 Å². The summed E-state index contributed by atoms with van der Waals surface area (Å²) >= 11 is 0. The molecule has 0 aromatic carbocycles. The summed E-state index contributed by atoms with van der Waals surface area (Å²) < 4.78 is 185. The molecule has 0 aromatic rings. The van der Waals surface area contributed by atoms with Gasteiger partial charge in [-0.15, -0.1) is 0 Å². The Morgan fingerprint density at radius 3 is 0.750 bits per heavy atom. The van der Waals surface area contributed by atoms with Gasteiger partial charge in [-0.3, -0.25) is 83.8 Å². The molecule has 0 rings (SSSR count). The van der Waals surface area contributed by atoms with Crippen molar-refractivity contribution < 1.29 is 168 Å². The van der Waals surface area contributed by atoms with Crippen LogP contribution in [0.15, 0.2) is 0 Å². The predicted octanol–water partition coefficient (Wildman–Crippen LogP) is 4.95. The minimum absolute atomic E-state index is 0.0195. The number of phosphoric acid groups is 8. The molecule has 88 heavy (non-hydrogen) atoms. The van der Waals surface area contributed by atoms with Gasteiger partial charge in [0.25, 0.3) is 0 Å².